The molecule has 0 aliphatic heterocycles. The Morgan fingerprint density at radius 3 is 2.33 bits per heavy atom. The molecule has 96 valence electrons. The van der Waals surface area contributed by atoms with Crippen molar-refractivity contribution >= 4 is 5.91 Å². The first kappa shape index (κ1) is 14.2. The number of nitrogens with zero attached hydrogens (tertiary/aromatic N) is 2. The van der Waals surface area contributed by atoms with Crippen LogP contribution in [0.3, 0.4) is 0 Å². The van der Waals surface area contributed by atoms with Crippen LogP contribution in [0.15, 0.2) is 30.3 Å². The van der Waals surface area contributed by atoms with Gasteiger partial charge in [-0.3, -0.25) is 9.69 Å². The number of rotatable bonds is 4. The fourth-order valence-corrected chi connectivity index (χ4v) is 1.72. The van der Waals surface area contributed by atoms with Gasteiger partial charge in [0.05, 0.1) is 6.07 Å². The molecule has 1 rings (SSSR count). The largest absolute Gasteiger partial charge is 0.337 e. The molecule has 0 aliphatic carbocycles. The number of amides is 1. The maximum absolute atomic E-state index is 12.3. The number of hydrogen-bond acceptors (Lipinski definition) is 3. The highest BCUT2D eigenvalue weighted by molar-refractivity contribution is 5.84. The van der Waals surface area contributed by atoms with Gasteiger partial charge in [-0.05, 0) is 33.5 Å². The van der Waals surface area contributed by atoms with Crippen molar-refractivity contribution in [1.82, 2.24) is 10.2 Å². The van der Waals surface area contributed by atoms with Crippen molar-refractivity contribution in [2.75, 3.05) is 14.1 Å². The molecular weight excluding hydrogens is 226 g/mol. The van der Waals surface area contributed by atoms with E-state index in [2.05, 4.69) is 11.4 Å². The van der Waals surface area contributed by atoms with E-state index in [9.17, 15) is 4.79 Å². The SMILES string of the molecule is CN(C)C(C(=O)NC(C)(C)C#N)c1ccccc1. The first-order valence-corrected chi connectivity index (χ1v) is 5.82. The fraction of sp³-hybridized carbons (Fsp3) is 0.429. The maximum Gasteiger partial charge on any atom is 0.243 e. The second kappa shape index (κ2) is 5.65. The molecular formula is C14H19N3O. The number of nitrogens with one attached hydrogen (secondary N) is 1. The van der Waals surface area contributed by atoms with E-state index < -0.39 is 5.54 Å². The summed E-state index contributed by atoms with van der Waals surface area (Å²) in [5.74, 6) is -0.169. The summed E-state index contributed by atoms with van der Waals surface area (Å²) in [5, 5.41) is 11.7. The van der Waals surface area contributed by atoms with Crippen LogP contribution in [0.5, 0.6) is 0 Å². The average Bonchev–Trinajstić information content (AvgIpc) is 2.29. The predicted molar refractivity (Wildman–Crippen MR) is 70.7 cm³/mol. The molecule has 1 aromatic rings. The van der Waals surface area contributed by atoms with Crippen LogP contribution in [0.4, 0.5) is 0 Å². The van der Waals surface area contributed by atoms with Crippen LogP contribution >= 0.6 is 0 Å². The minimum absolute atomic E-state index is 0.169. The molecule has 4 nitrogen and oxygen atoms in total. The molecule has 1 amide bonds. The van der Waals surface area contributed by atoms with E-state index in [-0.39, 0.29) is 11.9 Å². The smallest absolute Gasteiger partial charge is 0.243 e. The molecule has 0 fully saturated rings. The van der Waals surface area contributed by atoms with E-state index in [4.69, 9.17) is 5.26 Å². The van der Waals surface area contributed by atoms with Gasteiger partial charge in [0.2, 0.25) is 5.91 Å². The Kier molecular flexibility index (Phi) is 4.46. The summed E-state index contributed by atoms with van der Waals surface area (Å²) in [6, 6.07) is 11.2. The van der Waals surface area contributed by atoms with Gasteiger partial charge in [-0.2, -0.15) is 5.26 Å². The minimum atomic E-state index is -0.861. The summed E-state index contributed by atoms with van der Waals surface area (Å²) in [4.78, 5) is 14.1. The van der Waals surface area contributed by atoms with Crippen molar-refractivity contribution in [3.05, 3.63) is 35.9 Å². The average molecular weight is 245 g/mol. The molecule has 1 N–H and O–H groups in total. The summed E-state index contributed by atoms with van der Waals surface area (Å²) in [5.41, 5.74) is 0.0499. The number of nitriles is 1. The van der Waals surface area contributed by atoms with Crippen LogP contribution in [-0.4, -0.2) is 30.4 Å². The first-order valence-electron chi connectivity index (χ1n) is 5.82. The van der Waals surface area contributed by atoms with Crippen molar-refractivity contribution in [2.24, 2.45) is 0 Å². The summed E-state index contributed by atoms with van der Waals surface area (Å²) in [6.07, 6.45) is 0. The molecule has 0 heterocycles. The lowest BCUT2D eigenvalue weighted by Gasteiger charge is -2.27. The van der Waals surface area contributed by atoms with Gasteiger partial charge in [0.15, 0.2) is 0 Å². The highest BCUT2D eigenvalue weighted by atomic mass is 16.2. The van der Waals surface area contributed by atoms with Gasteiger partial charge in [0.25, 0.3) is 0 Å². The van der Waals surface area contributed by atoms with Gasteiger partial charge >= 0.3 is 0 Å². The lowest BCUT2D eigenvalue weighted by Crippen LogP contribution is -2.47. The van der Waals surface area contributed by atoms with Gasteiger partial charge < -0.3 is 5.32 Å². The molecule has 0 aliphatic rings. The standard InChI is InChI=1S/C14H19N3O/c1-14(2,10-15)16-13(18)12(17(3)4)11-8-6-5-7-9-11/h5-9,12H,1-4H3,(H,16,18). The lowest BCUT2D eigenvalue weighted by molar-refractivity contribution is -0.126. The Hall–Kier alpha value is -1.86. The third kappa shape index (κ3) is 3.57. The Labute approximate surface area is 108 Å². The first-order chi connectivity index (χ1) is 8.37. The number of hydrogen-bond donors (Lipinski definition) is 1. The van der Waals surface area contributed by atoms with Gasteiger partial charge in [0.1, 0.15) is 11.6 Å². The van der Waals surface area contributed by atoms with Crippen LogP contribution < -0.4 is 5.32 Å². The topological polar surface area (TPSA) is 56.1 Å². The quantitative estimate of drug-likeness (QED) is 0.878. The van der Waals surface area contributed by atoms with E-state index in [0.29, 0.717) is 0 Å². The summed E-state index contributed by atoms with van der Waals surface area (Å²) in [6.45, 7) is 3.37. The number of likely N-dealkylation sites (N-methyl/N-ethyl adjacent to an activating group) is 1. The molecule has 1 aromatic carbocycles. The number of carbonyl (C=O) groups excluding carboxylic acids is 1. The Balaban J connectivity index is 2.95. The Morgan fingerprint density at radius 1 is 1.33 bits per heavy atom. The molecule has 0 aromatic heterocycles. The van der Waals surface area contributed by atoms with Crippen LogP contribution in [0.2, 0.25) is 0 Å². The number of carbonyl (C=O) groups is 1. The molecule has 0 saturated carbocycles. The number of benzene rings is 1. The normalized spacial score (nSPS) is 12.9. The second-order valence-corrected chi connectivity index (χ2v) is 5.00. The molecule has 1 unspecified atom stereocenters. The van der Waals surface area contributed by atoms with E-state index >= 15 is 0 Å². The van der Waals surface area contributed by atoms with E-state index in [1.54, 1.807) is 13.8 Å². The van der Waals surface area contributed by atoms with E-state index in [1.807, 2.05) is 49.3 Å². The van der Waals surface area contributed by atoms with Gasteiger partial charge in [-0.15, -0.1) is 0 Å². The highest BCUT2D eigenvalue weighted by Gasteiger charge is 2.28. The lowest BCUT2D eigenvalue weighted by atomic mass is 10.0. The van der Waals surface area contributed by atoms with Crippen molar-refractivity contribution in [3.8, 4) is 6.07 Å². The summed E-state index contributed by atoms with van der Waals surface area (Å²) >= 11 is 0. The molecule has 0 bridgehead atoms. The van der Waals surface area contributed by atoms with Crippen LogP contribution in [0, 0.1) is 11.3 Å². The highest BCUT2D eigenvalue weighted by Crippen LogP contribution is 2.19. The van der Waals surface area contributed by atoms with Crippen LogP contribution in [0.1, 0.15) is 25.5 Å². The second-order valence-electron chi connectivity index (χ2n) is 5.00. The molecule has 0 radical (unpaired) electrons. The zero-order chi connectivity index (χ0) is 13.8. The van der Waals surface area contributed by atoms with Gasteiger partial charge in [-0.25, -0.2) is 0 Å². The Bertz CT molecular complexity index is 446. The van der Waals surface area contributed by atoms with Crippen molar-refractivity contribution in [3.63, 3.8) is 0 Å². The zero-order valence-corrected chi connectivity index (χ0v) is 11.3. The Morgan fingerprint density at radius 2 is 1.89 bits per heavy atom. The molecule has 18 heavy (non-hydrogen) atoms. The van der Waals surface area contributed by atoms with E-state index in [0.717, 1.165) is 5.56 Å². The van der Waals surface area contributed by atoms with Gasteiger partial charge in [0, 0.05) is 0 Å². The van der Waals surface area contributed by atoms with Crippen LogP contribution in [-0.2, 0) is 4.79 Å². The minimum Gasteiger partial charge on any atom is -0.337 e. The molecule has 4 heteroatoms. The van der Waals surface area contributed by atoms with Crippen LogP contribution in [0.25, 0.3) is 0 Å². The molecule has 0 spiro atoms. The monoisotopic (exact) mass is 245 g/mol. The summed E-state index contributed by atoms with van der Waals surface area (Å²) < 4.78 is 0. The van der Waals surface area contributed by atoms with E-state index in [1.165, 1.54) is 0 Å². The van der Waals surface area contributed by atoms with Crippen molar-refractivity contribution < 1.29 is 4.79 Å². The third-order valence-corrected chi connectivity index (χ3v) is 2.60. The van der Waals surface area contributed by atoms with Crippen molar-refractivity contribution in [2.45, 2.75) is 25.4 Å². The zero-order valence-electron chi connectivity index (χ0n) is 11.3. The molecule has 0 saturated heterocycles. The molecule has 1 atom stereocenters. The predicted octanol–water partition coefficient (Wildman–Crippen LogP) is 1.71. The fourth-order valence-electron chi connectivity index (χ4n) is 1.72. The van der Waals surface area contributed by atoms with Crippen molar-refractivity contribution in [1.29, 1.82) is 5.26 Å². The summed E-state index contributed by atoms with van der Waals surface area (Å²) in [7, 11) is 3.69. The maximum atomic E-state index is 12.3. The third-order valence-electron chi connectivity index (χ3n) is 2.60. The van der Waals surface area contributed by atoms with Gasteiger partial charge in [-0.1, -0.05) is 30.3 Å².